The fraction of sp³-hybridized carbons (Fsp3) is 0.385. The first-order chi connectivity index (χ1) is 8.76. The summed E-state index contributed by atoms with van der Waals surface area (Å²) in [5.74, 6) is -0.311. The zero-order chi connectivity index (χ0) is 14.2. The lowest BCUT2D eigenvalue weighted by Crippen LogP contribution is -2.44. The van der Waals surface area contributed by atoms with Gasteiger partial charge in [0.25, 0.3) is 0 Å². The molecule has 2 amide bonds. The quantitative estimate of drug-likeness (QED) is 0.752. The second-order valence-electron chi connectivity index (χ2n) is 5.32. The number of hydrogen-bond donors (Lipinski definition) is 2. The number of ether oxygens (including phenoxy) is 1. The molecular weight excluding hydrogens is 248 g/mol. The van der Waals surface area contributed by atoms with Crippen molar-refractivity contribution < 1.29 is 19.4 Å². The molecule has 2 N–H and O–H groups in total. The fourth-order valence-corrected chi connectivity index (χ4v) is 1.76. The van der Waals surface area contributed by atoms with Gasteiger partial charge in [0.2, 0.25) is 5.91 Å². The predicted octanol–water partition coefficient (Wildman–Crippen LogP) is 2.09. The van der Waals surface area contributed by atoms with Crippen molar-refractivity contribution in [2.45, 2.75) is 26.4 Å². The van der Waals surface area contributed by atoms with E-state index in [4.69, 9.17) is 4.74 Å². The zero-order valence-electron chi connectivity index (χ0n) is 11.1. The van der Waals surface area contributed by atoms with Crippen LogP contribution in [-0.4, -0.2) is 29.3 Å². The van der Waals surface area contributed by atoms with E-state index >= 15 is 0 Å². The van der Waals surface area contributed by atoms with E-state index in [1.54, 1.807) is 26.8 Å². The molecule has 0 aliphatic carbocycles. The standard InChI is InChI=1S/C13H16N2O4/c1-13(2,3)19-12(18)15-7-11(17)14-9-6-8(16)4-5-10(9)15/h4-6,16H,7H2,1-3H3,(H,14,17). The van der Waals surface area contributed by atoms with Gasteiger partial charge in [0.05, 0.1) is 11.4 Å². The minimum absolute atomic E-state index is 0.0186. The number of nitrogens with one attached hydrogen (secondary N) is 1. The van der Waals surface area contributed by atoms with Crippen molar-refractivity contribution in [2.75, 3.05) is 16.8 Å². The van der Waals surface area contributed by atoms with E-state index in [2.05, 4.69) is 5.32 Å². The van der Waals surface area contributed by atoms with Crippen molar-refractivity contribution in [3.05, 3.63) is 18.2 Å². The molecule has 1 aliphatic heterocycles. The van der Waals surface area contributed by atoms with Crippen LogP contribution < -0.4 is 10.2 Å². The lowest BCUT2D eigenvalue weighted by atomic mass is 10.2. The first-order valence-electron chi connectivity index (χ1n) is 5.90. The summed E-state index contributed by atoms with van der Waals surface area (Å²) in [5, 5.41) is 12.0. The number of benzene rings is 1. The van der Waals surface area contributed by atoms with Crippen LogP contribution in [0, 0.1) is 0 Å². The summed E-state index contributed by atoms with van der Waals surface area (Å²) >= 11 is 0. The number of carbonyl (C=O) groups is 2. The molecule has 19 heavy (non-hydrogen) atoms. The molecule has 0 fully saturated rings. The zero-order valence-corrected chi connectivity index (χ0v) is 11.1. The summed E-state index contributed by atoms with van der Waals surface area (Å²) in [6.45, 7) is 5.17. The maximum atomic E-state index is 12.1. The summed E-state index contributed by atoms with van der Waals surface area (Å²) < 4.78 is 5.26. The van der Waals surface area contributed by atoms with Crippen molar-refractivity contribution >= 4 is 23.4 Å². The first-order valence-corrected chi connectivity index (χ1v) is 5.90. The number of phenolic OH excluding ortho intramolecular Hbond substituents is 1. The van der Waals surface area contributed by atoms with Crippen molar-refractivity contribution in [2.24, 2.45) is 0 Å². The van der Waals surface area contributed by atoms with Crippen LogP contribution in [0.25, 0.3) is 0 Å². The van der Waals surface area contributed by atoms with Gasteiger partial charge in [-0.3, -0.25) is 9.69 Å². The van der Waals surface area contributed by atoms with E-state index in [-0.39, 0.29) is 18.2 Å². The molecule has 0 bridgehead atoms. The van der Waals surface area contributed by atoms with Crippen molar-refractivity contribution in [3.63, 3.8) is 0 Å². The molecule has 0 unspecified atom stereocenters. The second-order valence-corrected chi connectivity index (χ2v) is 5.32. The molecule has 1 aliphatic rings. The summed E-state index contributed by atoms with van der Waals surface area (Å²) in [7, 11) is 0. The van der Waals surface area contributed by atoms with Crippen LogP contribution in [0.2, 0.25) is 0 Å². The van der Waals surface area contributed by atoms with Gasteiger partial charge >= 0.3 is 6.09 Å². The Morgan fingerprint density at radius 2 is 2.11 bits per heavy atom. The number of hydrogen-bond acceptors (Lipinski definition) is 4. The van der Waals surface area contributed by atoms with Crippen LogP contribution in [0.3, 0.4) is 0 Å². The van der Waals surface area contributed by atoms with Crippen LogP contribution in [0.5, 0.6) is 5.75 Å². The average Bonchev–Trinajstić information content (AvgIpc) is 2.24. The molecule has 102 valence electrons. The minimum Gasteiger partial charge on any atom is -0.508 e. The third-order valence-electron chi connectivity index (χ3n) is 2.46. The molecule has 0 saturated carbocycles. The largest absolute Gasteiger partial charge is 0.508 e. The Kier molecular flexibility index (Phi) is 3.09. The molecule has 0 saturated heterocycles. The average molecular weight is 264 g/mol. The molecule has 6 heteroatoms. The van der Waals surface area contributed by atoms with Gasteiger partial charge in [0.1, 0.15) is 17.9 Å². The highest BCUT2D eigenvalue weighted by Gasteiger charge is 2.30. The highest BCUT2D eigenvalue weighted by Crippen LogP contribution is 2.33. The normalized spacial score (nSPS) is 14.7. The Morgan fingerprint density at radius 3 is 2.74 bits per heavy atom. The molecular formula is C13H16N2O4. The molecule has 0 atom stereocenters. The minimum atomic E-state index is -0.637. The number of amides is 2. The van der Waals surface area contributed by atoms with E-state index in [1.807, 2.05) is 0 Å². The van der Waals surface area contributed by atoms with Gasteiger partial charge < -0.3 is 15.2 Å². The highest BCUT2D eigenvalue weighted by atomic mass is 16.6. The van der Waals surface area contributed by atoms with Gasteiger partial charge in [-0.25, -0.2) is 4.79 Å². The fourth-order valence-electron chi connectivity index (χ4n) is 1.76. The van der Waals surface area contributed by atoms with Gasteiger partial charge in [-0.15, -0.1) is 0 Å². The molecule has 1 heterocycles. The van der Waals surface area contributed by atoms with Gasteiger partial charge in [0, 0.05) is 6.07 Å². The van der Waals surface area contributed by atoms with E-state index < -0.39 is 11.7 Å². The third-order valence-corrected chi connectivity index (χ3v) is 2.46. The number of rotatable bonds is 0. The Morgan fingerprint density at radius 1 is 1.42 bits per heavy atom. The lowest BCUT2D eigenvalue weighted by molar-refractivity contribution is -0.115. The van der Waals surface area contributed by atoms with Crippen LogP contribution in [0.15, 0.2) is 18.2 Å². The summed E-state index contributed by atoms with van der Waals surface area (Å²) in [4.78, 5) is 24.9. The van der Waals surface area contributed by atoms with Crippen LogP contribution in [0.1, 0.15) is 20.8 Å². The highest BCUT2D eigenvalue weighted by molar-refractivity contribution is 6.08. The number of nitrogens with zero attached hydrogens (tertiary/aromatic N) is 1. The number of aromatic hydroxyl groups is 1. The third kappa shape index (κ3) is 2.96. The Hall–Kier alpha value is -2.24. The molecule has 0 radical (unpaired) electrons. The van der Waals surface area contributed by atoms with Crippen LogP contribution in [0.4, 0.5) is 16.2 Å². The van der Waals surface area contributed by atoms with Crippen LogP contribution in [-0.2, 0) is 9.53 Å². The number of phenols is 1. The smallest absolute Gasteiger partial charge is 0.415 e. The maximum Gasteiger partial charge on any atom is 0.415 e. The number of fused-ring (bicyclic) bond motifs is 1. The SMILES string of the molecule is CC(C)(C)OC(=O)N1CC(=O)Nc2cc(O)ccc21. The maximum absolute atomic E-state index is 12.1. The van der Waals surface area contributed by atoms with E-state index in [9.17, 15) is 14.7 Å². The van der Waals surface area contributed by atoms with E-state index in [0.29, 0.717) is 11.4 Å². The number of anilines is 2. The van der Waals surface area contributed by atoms with Gasteiger partial charge in [0.15, 0.2) is 0 Å². The monoisotopic (exact) mass is 264 g/mol. The Balaban J connectivity index is 2.33. The number of carbonyl (C=O) groups excluding carboxylic acids is 2. The molecule has 0 spiro atoms. The van der Waals surface area contributed by atoms with E-state index in [1.165, 1.54) is 17.0 Å². The van der Waals surface area contributed by atoms with Crippen molar-refractivity contribution in [1.82, 2.24) is 0 Å². The van der Waals surface area contributed by atoms with E-state index in [0.717, 1.165) is 0 Å². The molecule has 6 nitrogen and oxygen atoms in total. The summed E-state index contributed by atoms with van der Waals surface area (Å²) in [6.07, 6.45) is -0.589. The predicted molar refractivity (Wildman–Crippen MR) is 70.3 cm³/mol. The van der Waals surface area contributed by atoms with Crippen LogP contribution >= 0.6 is 0 Å². The van der Waals surface area contributed by atoms with Gasteiger partial charge in [-0.1, -0.05) is 0 Å². The lowest BCUT2D eigenvalue weighted by Gasteiger charge is -2.31. The second kappa shape index (κ2) is 4.46. The Bertz CT molecular complexity index is 534. The van der Waals surface area contributed by atoms with Crippen molar-refractivity contribution in [3.8, 4) is 5.75 Å². The van der Waals surface area contributed by atoms with Gasteiger partial charge in [-0.05, 0) is 32.9 Å². The Labute approximate surface area is 111 Å². The molecule has 2 rings (SSSR count). The summed E-state index contributed by atoms with van der Waals surface area (Å²) in [5.41, 5.74) is 0.260. The topological polar surface area (TPSA) is 78.9 Å². The summed E-state index contributed by atoms with van der Waals surface area (Å²) in [6, 6.07) is 4.41. The molecule has 1 aromatic rings. The molecule has 1 aromatic carbocycles. The molecule has 0 aromatic heterocycles. The first kappa shape index (κ1) is 13.2. The van der Waals surface area contributed by atoms with Crippen molar-refractivity contribution in [1.29, 1.82) is 0 Å². The van der Waals surface area contributed by atoms with Gasteiger partial charge in [-0.2, -0.15) is 0 Å².